The van der Waals surface area contributed by atoms with Crippen LogP contribution in [0, 0.1) is 0 Å². The molecule has 1 aromatic carbocycles. The minimum absolute atomic E-state index is 0. The van der Waals surface area contributed by atoms with E-state index in [1.165, 1.54) is 12.1 Å². The maximum atomic E-state index is 12.4. The lowest BCUT2D eigenvalue weighted by Crippen LogP contribution is -2.04. The molecule has 1 heterocycles. The maximum absolute atomic E-state index is 12.4. The highest BCUT2D eigenvalue weighted by atomic mass is 35.5. The second-order valence-electron chi connectivity index (χ2n) is 3.79. The number of nitrogens with zero attached hydrogens (tertiary/aromatic N) is 1. The average Bonchev–Trinajstić information content (AvgIpc) is 2.38. The highest BCUT2D eigenvalue weighted by Crippen LogP contribution is 2.31. The fraction of sp³-hybridized carbons (Fsp3) is 0.154. The van der Waals surface area contributed by atoms with Crippen LogP contribution in [0.5, 0.6) is 0 Å². The van der Waals surface area contributed by atoms with Gasteiger partial charge in [-0.3, -0.25) is 4.98 Å². The largest absolute Gasteiger partial charge is 0.416 e. The van der Waals surface area contributed by atoms with Crippen molar-refractivity contribution >= 4 is 12.4 Å². The van der Waals surface area contributed by atoms with Crippen LogP contribution in [0.1, 0.15) is 11.1 Å². The minimum atomic E-state index is -4.32. The molecule has 0 aliphatic carbocycles. The van der Waals surface area contributed by atoms with E-state index in [2.05, 4.69) is 4.98 Å². The average molecular weight is 289 g/mol. The van der Waals surface area contributed by atoms with E-state index in [0.717, 1.165) is 17.7 Å². The summed E-state index contributed by atoms with van der Waals surface area (Å²) in [5, 5.41) is 0. The van der Waals surface area contributed by atoms with Gasteiger partial charge >= 0.3 is 6.18 Å². The van der Waals surface area contributed by atoms with E-state index in [0.29, 0.717) is 17.8 Å². The quantitative estimate of drug-likeness (QED) is 0.916. The lowest BCUT2D eigenvalue weighted by Gasteiger charge is -2.09. The molecule has 2 aromatic rings. The third kappa shape index (κ3) is 3.45. The Morgan fingerprint density at radius 2 is 1.68 bits per heavy atom. The number of alkyl halides is 3. The lowest BCUT2D eigenvalue weighted by atomic mass is 10.0. The van der Waals surface area contributed by atoms with Gasteiger partial charge < -0.3 is 5.73 Å². The SMILES string of the molecule is Cl.NCc1cccnc1-c1ccc(C(F)(F)F)cc1. The molecule has 0 saturated carbocycles. The normalized spacial score (nSPS) is 10.9. The van der Waals surface area contributed by atoms with Gasteiger partial charge in [-0.2, -0.15) is 13.2 Å². The van der Waals surface area contributed by atoms with Crippen LogP contribution >= 0.6 is 12.4 Å². The van der Waals surface area contributed by atoms with Gasteiger partial charge in [-0.05, 0) is 23.8 Å². The van der Waals surface area contributed by atoms with Crippen LogP contribution in [0.2, 0.25) is 0 Å². The van der Waals surface area contributed by atoms with Crippen molar-refractivity contribution in [1.29, 1.82) is 0 Å². The summed E-state index contributed by atoms with van der Waals surface area (Å²) in [5.74, 6) is 0. The summed E-state index contributed by atoms with van der Waals surface area (Å²) < 4.78 is 37.3. The van der Waals surface area contributed by atoms with E-state index in [4.69, 9.17) is 5.73 Å². The molecule has 0 aliphatic heterocycles. The lowest BCUT2D eigenvalue weighted by molar-refractivity contribution is -0.137. The van der Waals surface area contributed by atoms with Crippen molar-refractivity contribution in [3.8, 4) is 11.3 Å². The van der Waals surface area contributed by atoms with Crippen molar-refractivity contribution in [3.63, 3.8) is 0 Å². The Bertz CT molecular complexity index is 538. The topological polar surface area (TPSA) is 38.9 Å². The van der Waals surface area contributed by atoms with Crippen LogP contribution in [0.15, 0.2) is 42.6 Å². The Labute approximate surface area is 114 Å². The molecule has 6 heteroatoms. The zero-order valence-electron chi connectivity index (χ0n) is 9.82. The molecule has 0 bridgehead atoms. The standard InChI is InChI=1S/C13H11F3N2.ClH/c14-13(15,16)11-5-3-9(4-6-11)12-10(8-17)2-1-7-18-12;/h1-7H,8,17H2;1H. The molecule has 0 fully saturated rings. The van der Waals surface area contributed by atoms with Gasteiger partial charge in [0.25, 0.3) is 0 Å². The van der Waals surface area contributed by atoms with E-state index in [-0.39, 0.29) is 12.4 Å². The Balaban J connectivity index is 0.00000180. The van der Waals surface area contributed by atoms with Crippen molar-refractivity contribution in [2.45, 2.75) is 12.7 Å². The van der Waals surface area contributed by atoms with Crippen LogP contribution in [0.25, 0.3) is 11.3 Å². The molecule has 102 valence electrons. The van der Waals surface area contributed by atoms with Crippen molar-refractivity contribution in [2.75, 3.05) is 0 Å². The van der Waals surface area contributed by atoms with Gasteiger partial charge in [0, 0.05) is 18.3 Å². The first-order valence-corrected chi connectivity index (χ1v) is 5.34. The summed E-state index contributed by atoms with van der Waals surface area (Å²) >= 11 is 0. The van der Waals surface area contributed by atoms with Crippen LogP contribution in [0.3, 0.4) is 0 Å². The number of hydrogen-bond donors (Lipinski definition) is 1. The molecule has 0 atom stereocenters. The Hall–Kier alpha value is -1.59. The predicted octanol–water partition coefficient (Wildman–Crippen LogP) is 3.65. The molecular weight excluding hydrogens is 277 g/mol. The molecule has 2 N–H and O–H groups in total. The summed E-state index contributed by atoms with van der Waals surface area (Å²) in [6, 6.07) is 8.46. The molecule has 2 rings (SSSR count). The van der Waals surface area contributed by atoms with E-state index in [1.807, 2.05) is 0 Å². The van der Waals surface area contributed by atoms with E-state index in [9.17, 15) is 13.2 Å². The molecule has 0 aliphatic rings. The third-order valence-corrected chi connectivity index (χ3v) is 2.60. The number of halogens is 4. The molecular formula is C13H12ClF3N2. The van der Waals surface area contributed by atoms with Crippen molar-refractivity contribution in [2.24, 2.45) is 5.73 Å². The Kier molecular flexibility index (Phi) is 4.91. The predicted molar refractivity (Wildman–Crippen MR) is 69.8 cm³/mol. The Morgan fingerprint density at radius 3 is 2.21 bits per heavy atom. The number of nitrogens with two attached hydrogens (primary N) is 1. The van der Waals surface area contributed by atoms with Gasteiger partial charge in [0.2, 0.25) is 0 Å². The molecule has 1 aromatic heterocycles. The number of hydrogen-bond acceptors (Lipinski definition) is 2. The first kappa shape index (κ1) is 15.5. The number of pyridine rings is 1. The fourth-order valence-corrected chi connectivity index (χ4v) is 1.68. The van der Waals surface area contributed by atoms with E-state index in [1.54, 1.807) is 18.3 Å². The van der Waals surface area contributed by atoms with E-state index < -0.39 is 11.7 Å². The number of aromatic nitrogens is 1. The van der Waals surface area contributed by atoms with Crippen LogP contribution in [-0.4, -0.2) is 4.98 Å². The molecule has 19 heavy (non-hydrogen) atoms. The second kappa shape index (κ2) is 6.04. The number of benzene rings is 1. The zero-order valence-corrected chi connectivity index (χ0v) is 10.6. The zero-order chi connectivity index (χ0) is 13.2. The summed E-state index contributed by atoms with van der Waals surface area (Å²) in [4.78, 5) is 4.15. The summed E-state index contributed by atoms with van der Waals surface area (Å²) in [7, 11) is 0. The molecule has 0 amide bonds. The van der Waals surface area contributed by atoms with E-state index >= 15 is 0 Å². The first-order chi connectivity index (χ1) is 8.52. The van der Waals surface area contributed by atoms with Crippen LogP contribution < -0.4 is 5.73 Å². The van der Waals surface area contributed by atoms with Crippen LogP contribution in [0.4, 0.5) is 13.2 Å². The summed E-state index contributed by atoms with van der Waals surface area (Å²) in [6.07, 6.45) is -2.73. The summed E-state index contributed by atoms with van der Waals surface area (Å²) in [6.45, 7) is 0.296. The van der Waals surface area contributed by atoms with Crippen LogP contribution in [-0.2, 0) is 12.7 Å². The highest BCUT2D eigenvalue weighted by molar-refractivity contribution is 5.85. The molecule has 0 radical (unpaired) electrons. The molecule has 0 unspecified atom stereocenters. The monoisotopic (exact) mass is 288 g/mol. The smallest absolute Gasteiger partial charge is 0.326 e. The fourth-order valence-electron chi connectivity index (χ4n) is 1.68. The Morgan fingerprint density at radius 1 is 1.05 bits per heavy atom. The minimum Gasteiger partial charge on any atom is -0.326 e. The van der Waals surface area contributed by atoms with Crippen molar-refractivity contribution in [1.82, 2.24) is 4.98 Å². The van der Waals surface area contributed by atoms with Crippen molar-refractivity contribution in [3.05, 3.63) is 53.7 Å². The van der Waals surface area contributed by atoms with Gasteiger partial charge in [0.05, 0.1) is 11.3 Å². The van der Waals surface area contributed by atoms with Crippen molar-refractivity contribution < 1.29 is 13.2 Å². The van der Waals surface area contributed by atoms with Gasteiger partial charge in [0.1, 0.15) is 0 Å². The second-order valence-corrected chi connectivity index (χ2v) is 3.79. The summed E-state index contributed by atoms with van der Waals surface area (Å²) in [5.41, 5.74) is 6.95. The van der Waals surface area contributed by atoms with Gasteiger partial charge in [-0.15, -0.1) is 12.4 Å². The molecule has 0 saturated heterocycles. The molecule has 2 nitrogen and oxygen atoms in total. The number of rotatable bonds is 2. The first-order valence-electron chi connectivity index (χ1n) is 5.34. The van der Waals surface area contributed by atoms with Gasteiger partial charge in [-0.25, -0.2) is 0 Å². The van der Waals surface area contributed by atoms with Gasteiger partial charge in [-0.1, -0.05) is 18.2 Å². The van der Waals surface area contributed by atoms with Gasteiger partial charge in [0.15, 0.2) is 0 Å². The molecule has 0 spiro atoms. The maximum Gasteiger partial charge on any atom is 0.416 e. The highest BCUT2D eigenvalue weighted by Gasteiger charge is 2.30. The third-order valence-electron chi connectivity index (χ3n) is 2.60.